The van der Waals surface area contributed by atoms with Crippen LogP contribution in [0.3, 0.4) is 0 Å². The van der Waals surface area contributed by atoms with Gasteiger partial charge in [0.15, 0.2) is 0 Å². The molecule has 0 amide bonds. The Kier molecular flexibility index (Phi) is 3.61. The average molecular weight is 349 g/mol. The highest BCUT2D eigenvalue weighted by Crippen LogP contribution is 2.61. The fourth-order valence-corrected chi connectivity index (χ4v) is 6.20. The number of pyridine rings is 1. The Hall–Kier alpha value is -0.410. The summed E-state index contributed by atoms with van der Waals surface area (Å²) in [6.45, 7) is 0. The molecule has 5 rings (SSSR count). The standard InChI is InChI=1S/C18H25BrN2/c1-20-17(7-16-3-2-15(19)11-21-16)18-8-12-4-13(9-18)6-14(5-12)10-18/h2-3,11-14,17,20H,4-10H2,1H3. The van der Waals surface area contributed by atoms with Gasteiger partial charge in [-0.3, -0.25) is 4.98 Å². The number of halogens is 1. The van der Waals surface area contributed by atoms with Crippen LogP contribution in [0.5, 0.6) is 0 Å². The predicted octanol–water partition coefficient (Wildman–Crippen LogP) is 4.19. The lowest BCUT2D eigenvalue weighted by molar-refractivity contribution is -0.0725. The first-order valence-corrected chi connectivity index (χ1v) is 9.24. The van der Waals surface area contributed by atoms with Gasteiger partial charge in [0, 0.05) is 28.8 Å². The molecule has 4 saturated carbocycles. The third-order valence-electron chi connectivity index (χ3n) is 6.38. The fourth-order valence-electron chi connectivity index (χ4n) is 5.97. The SMILES string of the molecule is CNC(Cc1ccc(Br)cn1)C12CC3CC(CC(C3)C1)C2. The maximum absolute atomic E-state index is 4.61. The largest absolute Gasteiger partial charge is 0.316 e. The Morgan fingerprint density at radius 3 is 2.29 bits per heavy atom. The molecule has 1 unspecified atom stereocenters. The molecule has 1 aromatic heterocycles. The molecule has 4 aliphatic rings. The molecular formula is C18H25BrN2. The van der Waals surface area contributed by atoms with Gasteiger partial charge < -0.3 is 5.32 Å². The number of hydrogen-bond donors (Lipinski definition) is 1. The van der Waals surface area contributed by atoms with Crippen molar-refractivity contribution in [3.05, 3.63) is 28.5 Å². The first-order chi connectivity index (χ1) is 10.2. The Bertz CT molecular complexity index is 475. The molecule has 0 spiro atoms. The van der Waals surface area contributed by atoms with E-state index in [9.17, 15) is 0 Å². The van der Waals surface area contributed by atoms with E-state index in [1.54, 1.807) is 0 Å². The van der Waals surface area contributed by atoms with E-state index in [4.69, 9.17) is 0 Å². The fraction of sp³-hybridized carbons (Fsp3) is 0.722. The van der Waals surface area contributed by atoms with E-state index in [1.807, 2.05) is 6.20 Å². The van der Waals surface area contributed by atoms with Gasteiger partial charge in [0.1, 0.15) is 0 Å². The lowest BCUT2D eigenvalue weighted by atomic mass is 9.47. The van der Waals surface area contributed by atoms with Crippen molar-refractivity contribution in [1.29, 1.82) is 0 Å². The molecule has 0 aromatic carbocycles. The van der Waals surface area contributed by atoms with Crippen molar-refractivity contribution in [2.75, 3.05) is 7.05 Å². The Balaban J connectivity index is 1.56. The summed E-state index contributed by atoms with van der Waals surface area (Å²) in [4.78, 5) is 4.61. The zero-order valence-corrected chi connectivity index (χ0v) is 14.4. The monoisotopic (exact) mass is 348 g/mol. The van der Waals surface area contributed by atoms with E-state index in [-0.39, 0.29) is 0 Å². The third-order valence-corrected chi connectivity index (χ3v) is 6.84. The minimum Gasteiger partial charge on any atom is -0.316 e. The smallest absolute Gasteiger partial charge is 0.0420 e. The quantitative estimate of drug-likeness (QED) is 0.882. The first-order valence-electron chi connectivity index (χ1n) is 8.44. The van der Waals surface area contributed by atoms with Crippen LogP contribution >= 0.6 is 15.9 Å². The molecule has 0 radical (unpaired) electrons. The Labute approximate surface area is 136 Å². The van der Waals surface area contributed by atoms with Gasteiger partial charge in [-0.05, 0) is 96.8 Å². The van der Waals surface area contributed by atoms with Crippen LogP contribution in [0.15, 0.2) is 22.8 Å². The van der Waals surface area contributed by atoms with Gasteiger partial charge in [-0.1, -0.05) is 0 Å². The maximum Gasteiger partial charge on any atom is 0.0420 e. The highest BCUT2D eigenvalue weighted by molar-refractivity contribution is 9.10. The summed E-state index contributed by atoms with van der Waals surface area (Å²) in [6, 6.07) is 4.89. The Morgan fingerprint density at radius 1 is 1.19 bits per heavy atom. The van der Waals surface area contributed by atoms with E-state index in [2.05, 4.69) is 45.4 Å². The van der Waals surface area contributed by atoms with Crippen molar-refractivity contribution in [3.8, 4) is 0 Å². The van der Waals surface area contributed by atoms with Gasteiger partial charge in [0.05, 0.1) is 0 Å². The molecule has 0 saturated heterocycles. The van der Waals surface area contributed by atoms with Crippen LogP contribution in [0.25, 0.3) is 0 Å². The van der Waals surface area contributed by atoms with E-state index in [0.717, 1.165) is 28.6 Å². The van der Waals surface area contributed by atoms with Crippen LogP contribution in [-0.4, -0.2) is 18.1 Å². The van der Waals surface area contributed by atoms with Crippen molar-refractivity contribution < 1.29 is 0 Å². The molecule has 4 aliphatic carbocycles. The number of nitrogens with zero attached hydrogens (tertiary/aromatic N) is 1. The third kappa shape index (κ3) is 2.57. The van der Waals surface area contributed by atoms with Crippen molar-refractivity contribution >= 4 is 15.9 Å². The van der Waals surface area contributed by atoms with E-state index in [0.29, 0.717) is 11.5 Å². The second-order valence-corrected chi connectivity index (χ2v) is 8.71. The second-order valence-electron chi connectivity index (χ2n) is 7.79. The van der Waals surface area contributed by atoms with Crippen LogP contribution in [-0.2, 0) is 6.42 Å². The van der Waals surface area contributed by atoms with Gasteiger partial charge in [-0.2, -0.15) is 0 Å². The summed E-state index contributed by atoms with van der Waals surface area (Å²) in [5.41, 5.74) is 1.78. The lowest BCUT2D eigenvalue weighted by Gasteiger charge is -2.59. The zero-order chi connectivity index (χ0) is 14.4. The van der Waals surface area contributed by atoms with Crippen molar-refractivity contribution in [3.63, 3.8) is 0 Å². The number of rotatable bonds is 4. The highest BCUT2D eigenvalue weighted by atomic mass is 79.9. The van der Waals surface area contributed by atoms with E-state index >= 15 is 0 Å². The molecule has 1 heterocycles. The number of likely N-dealkylation sites (N-methyl/N-ethyl adjacent to an activating group) is 1. The van der Waals surface area contributed by atoms with Crippen LogP contribution in [0.2, 0.25) is 0 Å². The zero-order valence-electron chi connectivity index (χ0n) is 12.8. The molecule has 114 valence electrons. The molecule has 4 fully saturated rings. The molecule has 1 atom stereocenters. The van der Waals surface area contributed by atoms with E-state index < -0.39 is 0 Å². The summed E-state index contributed by atoms with van der Waals surface area (Å²) >= 11 is 3.48. The van der Waals surface area contributed by atoms with Crippen LogP contribution in [0.1, 0.15) is 44.2 Å². The lowest BCUT2D eigenvalue weighted by Crippen LogP contribution is -2.56. The van der Waals surface area contributed by atoms with E-state index in [1.165, 1.54) is 44.2 Å². The normalized spacial score (nSPS) is 38.7. The summed E-state index contributed by atoms with van der Waals surface area (Å²) in [7, 11) is 2.15. The van der Waals surface area contributed by atoms with Crippen LogP contribution in [0, 0.1) is 23.2 Å². The van der Waals surface area contributed by atoms with Crippen LogP contribution in [0.4, 0.5) is 0 Å². The molecule has 2 nitrogen and oxygen atoms in total. The van der Waals surface area contributed by atoms with Gasteiger partial charge >= 0.3 is 0 Å². The molecule has 1 N–H and O–H groups in total. The van der Waals surface area contributed by atoms with Crippen molar-refractivity contribution in [1.82, 2.24) is 10.3 Å². The maximum atomic E-state index is 4.61. The molecule has 0 aliphatic heterocycles. The highest BCUT2D eigenvalue weighted by Gasteiger charge is 2.53. The van der Waals surface area contributed by atoms with Gasteiger partial charge in [0.2, 0.25) is 0 Å². The summed E-state index contributed by atoms with van der Waals surface area (Å²) in [6.07, 6.45) is 11.9. The topological polar surface area (TPSA) is 24.9 Å². The molecule has 21 heavy (non-hydrogen) atoms. The minimum absolute atomic E-state index is 0.554. The predicted molar refractivity (Wildman–Crippen MR) is 89.1 cm³/mol. The second kappa shape index (κ2) is 5.34. The average Bonchev–Trinajstić information content (AvgIpc) is 2.45. The Morgan fingerprint density at radius 2 is 1.81 bits per heavy atom. The molecular weight excluding hydrogens is 324 g/mol. The number of hydrogen-bond acceptors (Lipinski definition) is 2. The number of aromatic nitrogens is 1. The summed E-state index contributed by atoms with van der Waals surface area (Å²) in [5.74, 6) is 3.06. The van der Waals surface area contributed by atoms with Crippen LogP contribution < -0.4 is 5.32 Å². The van der Waals surface area contributed by atoms with Gasteiger partial charge in [-0.15, -0.1) is 0 Å². The molecule has 4 bridgehead atoms. The van der Waals surface area contributed by atoms with Crippen molar-refractivity contribution in [2.45, 2.75) is 51.0 Å². The summed E-state index contributed by atoms with van der Waals surface area (Å²) in [5, 5.41) is 3.67. The molecule has 3 heteroatoms. The van der Waals surface area contributed by atoms with Gasteiger partial charge in [-0.25, -0.2) is 0 Å². The summed E-state index contributed by atoms with van der Waals surface area (Å²) < 4.78 is 1.07. The first kappa shape index (κ1) is 14.2. The molecule has 1 aromatic rings. The van der Waals surface area contributed by atoms with Gasteiger partial charge in [0.25, 0.3) is 0 Å². The van der Waals surface area contributed by atoms with Crippen molar-refractivity contribution in [2.24, 2.45) is 23.2 Å². The number of nitrogens with one attached hydrogen (secondary N) is 1. The minimum atomic E-state index is 0.554.